The third-order valence-corrected chi connectivity index (χ3v) is 2.62. The number of benzene rings is 1. The second-order valence-corrected chi connectivity index (χ2v) is 4.20. The maximum atomic E-state index is 7.40. The summed E-state index contributed by atoms with van der Waals surface area (Å²) in [5, 5.41) is 7.40. The van der Waals surface area contributed by atoms with Gasteiger partial charge in [0.15, 0.2) is 0 Å². The van der Waals surface area contributed by atoms with Crippen molar-refractivity contribution in [2.75, 3.05) is 33.5 Å². The molecular weight excluding hydrogens is 244 g/mol. The Morgan fingerprint density at radius 3 is 2.63 bits per heavy atom. The van der Waals surface area contributed by atoms with E-state index in [1.165, 1.54) is 0 Å². The molecule has 0 atom stereocenters. The molecule has 0 saturated heterocycles. The lowest BCUT2D eigenvalue weighted by molar-refractivity contribution is 0.0806. The van der Waals surface area contributed by atoms with Crippen LogP contribution in [0.1, 0.15) is 17.5 Å². The largest absolute Gasteiger partial charge is 0.491 e. The molecule has 0 aliphatic carbocycles. The normalized spacial score (nSPS) is 10.4. The lowest BCUT2D eigenvalue weighted by atomic mass is 10.1. The first-order valence-corrected chi connectivity index (χ1v) is 6.29. The first kappa shape index (κ1) is 15.5. The molecule has 0 unspecified atom stereocenters. The standard InChI is InChI=1S/C14H22N2O3/c1-11-10-12(4-5-13(11)14(15)16)19-9-8-18-7-3-6-17-2/h4-5,10H,3,6-9H2,1-2H3,(H3,15,16). The quantitative estimate of drug-likeness (QED) is 0.405. The van der Waals surface area contributed by atoms with Gasteiger partial charge >= 0.3 is 0 Å². The average Bonchev–Trinajstić information content (AvgIpc) is 2.37. The van der Waals surface area contributed by atoms with Gasteiger partial charge < -0.3 is 19.9 Å². The fourth-order valence-corrected chi connectivity index (χ4v) is 1.65. The third kappa shape index (κ3) is 5.72. The molecule has 0 fully saturated rings. The summed E-state index contributed by atoms with van der Waals surface area (Å²) in [4.78, 5) is 0. The Kier molecular flexibility index (Phi) is 6.92. The molecular formula is C14H22N2O3. The van der Waals surface area contributed by atoms with Crippen LogP contribution in [0, 0.1) is 12.3 Å². The van der Waals surface area contributed by atoms with E-state index in [-0.39, 0.29) is 5.84 Å². The van der Waals surface area contributed by atoms with Gasteiger partial charge in [-0.05, 0) is 37.1 Å². The molecule has 3 N–H and O–H groups in total. The zero-order valence-corrected chi connectivity index (χ0v) is 11.6. The Hall–Kier alpha value is -1.59. The fourth-order valence-electron chi connectivity index (χ4n) is 1.65. The van der Waals surface area contributed by atoms with Crippen LogP contribution in [0.15, 0.2) is 18.2 Å². The number of methoxy groups -OCH3 is 1. The van der Waals surface area contributed by atoms with E-state index >= 15 is 0 Å². The van der Waals surface area contributed by atoms with Gasteiger partial charge in [-0.1, -0.05) is 0 Å². The molecule has 0 heterocycles. The van der Waals surface area contributed by atoms with Crippen LogP contribution in [0.25, 0.3) is 0 Å². The Morgan fingerprint density at radius 2 is 2.00 bits per heavy atom. The van der Waals surface area contributed by atoms with Crippen LogP contribution >= 0.6 is 0 Å². The lowest BCUT2D eigenvalue weighted by Gasteiger charge is -2.09. The van der Waals surface area contributed by atoms with Crippen molar-refractivity contribution < 1.29 is 14.2 Å². The minimum Gasteiger partial charge on any atom is -0.491 e. The Bertz CT molecular complexity index is 408. The van der Waals surface area contributed by atoms with E-state index in [0.29, 0.717) is 26.4 Å². The molecule has 106 valence electrons. The number of aryl methyl sites for hydroxylation is 1. The summed E-state index contributed by atoms with van der Waals surface area (Å²) in [5.41, 5.74) is 7.13. The van der Waals surface area contributed by atoms with Crippen molar-refractivity contribution in [3.05, 3.63) is 29.3 Å². The molecule has 19 heavy (non-hydrogen) atoms. The molecule has 1 aromatic rings. The first-order chi connectivity index (χ1) is 9.15. The first-order valence-electron chi connectivity index (χ1n) is 6.29. The third-order valence-electron chi connectivity index (χ3n) is 2.62. The molecule has 0 aliphatic heterocycles. The predicted molar refractivity (Wildman–Crippen MR) is 75.0 cm³/mol. The van der Waals surface area contributed by atoms with Crippen LogP contribution in [-0.2, 0) is 9.47 Å². The average molecular weight is 266 g/mol. The number of amidine groups is 1. The van der Waals surface area contributed by atoms with E-state index in [1.54, 1.807) is 13.2 Å². The van der Waals surface area contributed by atoms with Gasteiger partial charge in [0.25, 0.3) is 0 Å². The van der Waals surface area contributed by atoms with Crippen molar-refractivity contribution >= 4 is 5.84 Å². The number of hydrogen-bond donors (Lipinski definition) is 2. The monoisotopic (exact) mass is 266 g/mol. The molecule has 5 heteroatoms. The van der Waals surface area contributed by atoms with E-state index in [2.05, 4.69) is 0 Å². The maximum absolute atomic E-state index is 7.40. The second kappa shape index (κ2) is 8.50. The zero-order valence-electron chi connectivity index (χ0n) is 11.6. The molecule has 0 amide bonds. The van der Waals surface area contributed by atoms with Crippen molar-refractivity contribution in [2.45, 2.75) is 13.3 Å². The molecule has 0 spiro atoms. The summed E-state index contributed by atoms with van der Waals surface area (Å²) in [5.74, 6) is 0.841. The zero-order chi connectivity index (χ0) is 14.1. The molecule has 1 aromatic carbocycles. The highest BCUT2D eigenvalue weighted by atomic mass is 16.5. The van der Waals surface area contributed by atoms with Crippen molar-refractivity contribution in [1.82, 2.24) is 0 Å². The van der Waals surface area contributed by atoms with E-state index in [9.17, 15) is 0 Å². The van der Waals surface area contributed by atoms with Gasteiger partial charge in [-0.3, -0.25) is 5.41 Å². The number of nitrogens with two attached hydrogens (primary N) is 1. The molecule has 0 saturated carbocycles. The van der Waals surface area contributed by atoms with Gasteiger partial charge in [0.2, 0.25) is 0 Å². The van der Waals surface area contributed by atoms with Crippen molar-refractivity contribution in [2.24, 2.45) is 5.73 Å². The highest BCUT2D eigenvalue weighted by Gasteiger charge is 2.03. The number of rotatable bonds is 9. The van der Waals surface area contributed by atoms with E-state index < -0.39 is 0 Å². The van der Waals surface area contributed by atoms with Crippen molar-refractivity contribution in [3.8, 4) is 5.75 Å². The van der Waals surface area contributed by atoms with Gasteiger partial charge in [0, 0.05) is 25.9 Å². The van der Waals surface area contributed by atoms with Crippen molar-refractivity contribution in [3.63, 3.8) is 0 Å². The summed E-state index contributed by atoms with van der Waals surface area (Å²) < 4.78 is 15.9. The number of hydrogen-bond acceptors (Lipinski definition) is 4. The van der Waals surface area contributed by atoms with Gasteiger partial charge in [-0.2, -0.15) is 0 Å². The Labute approximate surface area is 114 Å². The number of nitrogens with one attached hydrogen (secondary N) is 1. The summed E-state index contributed by atoms with van der Waals surface area (Å²) in [6.07, 6.45) is 0.892. The number of nitrogen functional groups attached to an aromatic ring is 1. The van der Waals surface area contributed by atoms with E-state index in [0.717, 1.165) is 23.3 Å². The van der Waals surface area contributed by atoms with Gasteiger partial charge in [0.1, 0.15) is 18.2 Å². The van der Waals surface area contributed by atoms with E-state index in [4.69, 9.17) is 25.4 Å². The molecule has 1 rings (SSSR count). The summed E-state index contributed by atoms with van der Waals surface area (Å²) >= 11 is 0. The SMILES string of the molecule is COCCCOCCOc1ccc(C(=N)N)c(C)c1. The molecule has 0 aliphatic rings. The lowest BCUT2D eigenvalue weighted by Crippen LogP contribution is -2.13. The molecule has 0 radical (unpaired) electrons. The number of ether oxygens (including phenoxy) is 3. The Morgan fingerprint density at radius 1 is 1.21 bits per heavy atom. The minimum atomic E-state index is 0.0746. The minimum absolute atomic E-state index is 0.0746. The van der Waals surface area contributed by atoms with Gasteiger partial charge in [0.05, 0.1) is 6.61 Å². The van der Waals surface area contributed by atoms with Crippen LogP contribution < -0.4 is 10.5 Å². The highest BCUT2D eigenvalue weighted by molar-refractivity contribution is 5.96. The second-order valence-electron chi connectivity index (χ2n) is 4.20. The molecule has 0 bridgehead atoms. The van der Waals surface area contributed by atoms with Crippen LogP contribution in [0.5, 0.6) is 5.75 Å². The van der Waals surface area contributed by atoms with Crippen LogP contribution in [0.3, 0.4) is 0 Å². The van der Waals surface area contributed by atoms with Crippen LogP contribution in [0.4, 0.5) is 0 Å². The summed E-state index contributed by atoms with van der Waals surface area (Å²) in [6, 6.07) is 5.49. The fraction of sp³-hybridized carbons (Fsp3) is 0.500. The van der Waals surface area contributed by atoms with Crippen molar-refractivity contribution in [1.29, 1.82) is 5.41 Å². The van der Waals surface area contributed by atoms with E-state index in [1.807, 2.05) is 19.1 Å². The smallest absolute Gasteiger partial charge is 0.123 e. The maximum Gasteiger partial charge on any atom is 0.123 e. The topological polar surface area (TPSA) is 77.6 Å². The summed E-state index contributed by atoms with van der Waals surface area (Å²) in [7, 11) is 1.68. The summed E-state index contributed by atoms with van der Waals surface area (Å²) in [6.45, 7) is 4.36. The Balaban J connectivity index is 2.26. The molecule has 0 aromatic heterocycles. The predicted octanol–water partition coefficient (Wildman–Crippen LogP) is 1.71. The van der Waals surface area contributed by atoms with Crippen LogP contribution in [-0.4, -0.2) is 39.4 Å². The molecule has 5 nitrogen and oxygen atoms in total. The van der Waals surface area contributed by atoms with Crippen LogP contribution in [0.2, 0.25) is 0 Å². The van der Waals surface area contributed by atoms with Gasteiger partial charge in [-0.15, -0.1) is 0 Å². The highest BCUT2D eigenvalue weighted by Crippen LogP contribution is 2.16. The van der Waals surface area contributed by atoms with Gasteiger partial charge in [-0.25, -0.2) is 0 Å².